The van der Waals surface area contributed by atoms with Gasteiger partial charge in [0.05, 0.1) is 11.8 Å². The number of nitrogens with zero attached hydrogens (tertiary/aromatic N) is 1. The number of amides is 1. The second-order valence-corrected chi connectivity index (χ2v) is 5.23. The van der Waals surface area contributed by atoms with Crippen molar-refractivity contribution in [3.05, 3.63) is 48.2 Å². The van der Waals surface area contributed by atoms with E-state index in [2.05, 4.69) is 0 Å². The van der Waals surface area contributed by atoms with E-state index in [9.17, 15) is 4.79 Å². The molecule has 0 unspecified atom stereocenters. The summed E-state index contributed by atoms with van der Waals surface area (Å²) >= 11 is 0. The van der Waals surface area contributed by atoms with Crippen LogP contribution < -0.4 is 0 Å². The van der Waals surface area contributed by atoms with Crippen molar-refractivity contribution < 1.29 is 9.21 Å². The van der Waals surface area contributed by atoms with Crippen LogP contribution in [0.5, 0.6) is 0 Å². The Balaban J connectivity index is 1.91. The summed E-state index contributed by atoms with van der Waals surface area (Å²) in [6.07, 6.45) is 6.30. The standard InChI is InChI=1S/C17H19NO2/c19-17(18-11-5-1-2-6-12-18)15-9-4-3-8-14(15)16-10-7-13-20-16/h3-4,7-10,13H,1-2,5-6,11-12H2. The number of carbonyl (C=O) groups excluding carboxylic acids is 1. The van der Waals surface area contributed by atoms with Crippen LogP contribution >= 0.6 is 0 Å². The zero-order valence-corrected chi connectivity index (χ0v) is 11.5. The predicted molar refractivity (Wildman–Crippen MR) is 78.5 cm³/mol. The highest BCUT2D eigenvalue weighted by atomic mass is 16.3. The first-order valence-corrected chi connectivity index (χ1v) is 7.28. The molecule has 20 heavy (non-hydrogen) atoms. The number of likely N-dealkylation sites (tertiary alicyclic amines) is 1. The lowest BCUT2D eigenvalue weighted by Crippen LogP contribution is -2.32. The fraction of sp³-hybridized carbons (Fsp3) is 0.353. The highest BCUT2D eigenvalue weighted by molar-refractivity contribution is 6.00. The molecule has 1 saturated heterocycles. The fourth-order valence-corrected chi connectivity index (χ4v) is 2.76. The molecule has 1 aliphatic heterocycles. The molecular formula is C17H19NO2. The maximum absolute atomic E-state index is 12.8. The van der Waals surface area contributed by atoms with Crippen LogP contribution in [0.15, 0.2) is 47.1 Å². The smallest absolute Gasteiger partial charge is 0.254 e. The van der Waals surface area contributed by atoms with E-state index in [1.165, 1.54) is 12.8 Å². The second-order valence-electron chi connectivity index (χ2n) is 5.23. The van der Waals surface area contributed by atoms with Gasteiger partial charge in [0, 0.05) is 18.7 Å². The fourth-order valence-electron chi connectivity index (χ4n) is 2.76. The summed E-state index contributed by atoms with van der Waals surface area (Å²) in [7, 11) is 0. The molecule has 0 atom stereocenters. The SMILES string of the molecule is O=C(c1ccccc1-c1ccco1)N1CCCCCC1. The number of furan rings is 1. The van der Waals surface area contributed by atoms with Crippen molar-refractivity contribution in [2.24, 2.45) is 0 Å². The van der Waals surface area contributed by atoms with Crippen LogP contribution in [0.2, 0.25) is 0 Å². The number of hydrogen-bond donors (Lipinski definition) is 0. The third kappa shape index (κ3) is 2.62. The van der Waals surface area contributed by atoms with Gasteiger partial charge >= 0.3 is 0 Å². The Labute approximate surface area is 119 Å². The monoisotopic (exact) mass is 269 g/mol. The molecule has 0 aliphatic carbocycles. The molecule has 3 nitrogen and oxygen atoms in total. The van der Waals surface area contributed by atoms with Crippen LogP contribution in [-0.2, 0) is 0 Å². The van der Waals surface area contributed by atoms with Gasteiger partial charge in [0.15, 0.2) is 0 Å². The van der Waals surface area contributed by atoms with Crippen molar-refractivity contribution in [2.45, 2.75) is 25.7 Å². The largest absolute Gasteiger partial charge is 0.464 e. The predicted octanol–water partition coefficient (Wildman–Crippen LogP) is 3.96. The highest BCUT2D eigenvalue weighted by Crippen LogP contribution is 2.25. The van der Waals surface area contributed by atoms with Gasteiger partial charge in [-0.05, 0) is 31.0 Å². The summed E-state index contributed by atoms with van der Waals surface area (Å²) in [6.45, 7) is 1.73. The van der Waals surface area contributed by atoms with Gasteiger partial charge in [-0.15, -0.1) is 0 Å². The molecule has 0 saturated carbocycles. The van der Waals surface area contributed by atoms with Gasteiger partial charge in [0.25, 0.3) is 5.91 Å². The summed E-state index contributed by atoms with van der Waals surface area (Å²) < 4.78 is 5.45. The third-order valence-electron chi connectivity index (χ3n) is 3.84. The maximum Gasteiger partial charge on any atom is 0.254 e. The molecule has 0 N–H and O–H groups in total. The second kappa shape index (κ2) is 5.95. The Morgan fingerprint density at radius 2 is 1.70 bits per heavy atom. The lowest BCUT2D eigenvalue weighted by atomic mass is 10.0. The molecule has 0 radical (unpaired) electrons. The van der Waals surface area contributed by atoms with Gasteiger partial charge in [0.1, 0.15) is 5.76 Å². The first-order valence-electron chi connectivity index (χ1n) is 7.28. The average molecular weight is 269 g/mol. The van der Waals surface area contributed by atoms with E-state index in [4.69, 9.17) is 4.42 Å². The van der Waals surface area contributed by atoms with E-state index in [0.29, 0.717) is 0 Å². The summed E-state index contributed by atoms with van der Waals surface area (Å²) in [5.74, 6) is 0.877. The molecule has 3 rings (SSSR count). The first kappa shape index (κ1) is 13.0. The summed E-state index contributed by atoms with van der Waals surface area (Å²) in [5, 5.41) is 0. The average Bonchev–Trinajstić information content (AvgIpc) is 2.89. The van der Waals surface area contributed by atoms with E-state index in [1.54, 1.807) is 6.26 Å². The van der Waals surface area contributed by atoms with Gasteiger partial charge in [-0.2, -0.15) is 0 Å². The van der Waals surface area contributed by atoms with Gasteiger partial charge in [-0.25, -0.2) is 0 Å². The van der Waals surface area contributed by atoms with Gasteiger partial charge in [0.2, 0.25) is 0 Å². The van der Waals surface area contributed by atoms with E-state index < -0.39 is 0 Å². The van der Waals surface area contributed by atoms with Crippen LogP contribution in [0.4, 0.5) is 0 Å². The molecule has 1 aromatic heterocycles. The summed E-state index contributed by atoms with van der Waals surface area (Å²) in [4.78, 5) is 14.7. The summed E-state index contributed by atoms with van der Waals surface area (Å²) in [6, 6.07) is 11.4. The molecule has 1 amide bonds. The Hall–Kier alpha value is -2.03. The number of rotatable bonds is 2. The molecule has 104 valence electrons. The van der Waals surface area contributed by atoms with Crippen molar-refractivity contribution in [1.29, 1.82) is 0 Å². The zero-order chi connectivity index (χ0) is 13.8. The Bertz CT molecular complexity index is 566. The Kier molecular flexibility index (Phi) is 3.86. The maximum atomic E-state index is 12.8. The summed E-state index contributed by atoms with van der Waals surface area (Å²) in [5.41, 5.74) is 1.62. The lowest BCUT2D eigenvalue weighted by molar-refractivity contribution is 0.0762. The van der Waals surface area contributed by atoms with Crippen LogP contribution in [0, 0.1) is 0 Å². The zero-order valence-electron chi connectivity index (χ0n) is 11.5. The normalized spacial score (nSPS) is 15.9. The van der Waals surface area contributed by atoms with Crippen LogP contribution in [0.3, 0.4) is 0 Å². The van der Waals surface area contributed by atoms with Crippen molar-refractivity contribution in [3.8, 4) is 11.3 Å². The molecule has 0 spiro atoms. The highest BCUT2D eigenvalue weighted by Gasteiger charge is 2.20. The minimum atomic E-state index is 0.124. The van der Waals surface area contributed by atoms with Crippen molar-refractivity contribution in [3.63, 3.8) is 0 Å². The minimum absolute atomic E-state index is 0.124. The van der Waals surface area contributed by atoms with E-state index in [1.807, 2.05) is 41.3 Å². The van der Waals surface area contributed by atoms with E-state index >= 15 is 0 Å². The molecular weight excluding hydrogens is 250 g/mol. The third-order valence-corrected chi connectivity index (χ3v) is 3.84. The number of carbonyl (C=O) groups is 1. The van der Waals surface area contributed by atoms with Crippen LogP contribution in [0.25, 0.3) is 11.3 Å². The lowest BCUT2D eigenvalue weighted by Gasteiger charge is -2.21. The van der Waals surface area contributed by atoms with E-state index in [-0.39, 0.29) is 5.91 Å². The quantitative estimate of drug-likeness (QED) is 0.826. The van der Waals surface area contributed by atoms with Gasteiger partial charge < -0.3 is 9.32 Å². The molecule has 1 fully saturated rings. The topological polar surface area (TPSA) is 33.5 Å². The Morgan fingerprint density at radius 3 is 2.40 bits per heavy atom. The molecule has 2 heterocycles. The Morgan fingerprint density at radius 1 is 0.950 bits per heavy atom. The van der Waals surface area contributed by atoms with E-state index in [0.717, 1.165) is 42.8 Å². The van der Waals surface area contributed by atoms with Crippen molar-refractivity contribution in [2.75, 3.05) is 13.1 Å². The molecule has 2 aromatic rings. The molecule has 3 heteroatoms. The van der Waals surface area contributed by atoms with Gasteiger partial charge in [-0.1, -0.05) is 31.0 Å². The van der Waals surface area contributed by atoms with Gasteiger partial charge in [-0.3, -0.25) is 4.79 Å². The minimum Gasteiger partial charge on any atom is -0.464 e. The van der Waals surface area contributed by atoms with Crippen molar-refractivity contribution in [1.82, 2.24) is 4.90 Å². The first-order chi connectivity index (χ1) is 9.86. The van der Waals surface area contributed by atoms with Crippen LogP contribution in [-0.4, -0.2) is 23.9 Å². The molecule has 0 bridgehead atoms. The number of benzene rings is 1. The van der Waals surface area contributed by atoms with Crippen LogP contribution in [0.1, 0.15) is 36.0 Å². The number of hydrogen-bond acceptors (Lipinski definition) is 2. The van der Waals surface area contributed by atoms with Crippen molar-refractivity contribution >= 4 is 5.91 Å². The molecule has 1 aliphatic rings. The molecule has 1 aromatic carbocycles.